The van der Waals surface area contributed by atoms with Crippen LogP contribution in [0.25, 0.3) is 0 Å². The van der Waals surface area contributed by atoms with Gasteiger partial charge in [-0.3, -0.25) is 25.0 Å². The van der Waals surface area contributed by atoms with Gasteiger partial charge < -0.3 is 10.6 Å². The first-order valence-electron chi connectivity index (χ1n) is 9.91. The van der Waals surface area contributed by atoms with Gasteiger partial charge in [0.25, 0.3) is 5.91 Å². The van der Waals surface area contributed by atoms with Gasteiger partial charge >= 0.3 is 6.03 Å². The normalized spacial score (nSPS) is 20.1. The van der Waals surface area contributed by atoms with E-state index < -0.39 is 11.9 Å². The van der Waals surface area contributed by atoms with Crippen LogP contribution in [0.15, 0.2) is 36.4 Å². The molecule has 31 heavy (non-hydrogen) atoms. The van der Waals surface area contributed by atoms with Gasteiger partial charge in [-0.1, -0.05) is 23.7 Å². The van der Waals surface area contributed by atoms with Crippen LogP contribution < -0.4 is 21.3 Å². The smallest absolute Gasteiger partial charge is 0.307 e. The Bertz CT molecular complexity index is 1100. The third-order valence-corrected chi connectivity index (χ3v) is 6.09. The molecule has 2 unspecified atom stereocenters. The van der Waals surface area contributed by atoms with Gasteiger partial charge in [-0.05, 0) is 54.3 Å². The van der Waals surface area contributed by atoms with E-state index in [0.29, 0.717) is 41.2 Å². The number of benzene rings is 2. The number of hydrogen-bond acceptors (Lipinski definition) is 5. The number of imide groups is 2. The van der Waals surface area contributed by atoms with Crippen LogP contribution in [0.2, 0.25) is 5.02 Å². The highest BCUT2D eigenvalue weighted by molar-refractivity contribution is 6.31. The first-order chi connectivity index (χ1) is 14.8. The van der Waals surface area contributed by atoms with Crippen molar-refractivity contribution in [3.05, 3.63) is 63.7 Å². The number of carbonyl (C=O) groups is 4. The summed E-state index contributed by atoms with van der Waals surface area (Å²) in [5.74, 6) is -1.41. The van der Waals surface area contributed by atoms with Crippen molar-refractivity contribution in [2.24, 2.45) is 5.92 Å². The van der Waals surface area contributed by atoms with Crippen molar-refractivity contribution in [2.45, 2.75) is 32.4 Å². The van der Waals surface area contributed by atoms with E-state index in [1.807, 2.05) is 0 Å². The molecule has 4 N–H and O–H groups in total. The molecule has 0 aliphatic carbocycles. The molecule has 0 aromatic heterocycles. The highest BCUT2D eigenvalue weighted by Crippen LogP contribution is 2.35. The molecule has 5 amide bonds. The number of amides is 5. The monoisotopic (exact) mass is 440 g/mol. The summed E-state index contributed by atoms with van der Waals surface area (Å²) < 4.78 is 0. The van der Waals surface area contributed by atoms with Crippen molar-refractivity contribution in [3.8, 4) is 0 Å². The van der Waals surface area contributed by atoms with E-state index >= 15 is 0 Å². The first-order valence-corrected chi connectivity index (χ1v) is 10.3. The summed E-state index contributed by atoms with van der Waals surface area (Å²) in [4.78, 5) is 48.4. The maximum absolute atomic E-state index is 12.5. The van der Waals surface area contributed by atoms with Crippen molar-refractivity contribution in [1.29, 1.82) is 0 Å². The molecule has 0 saturated carbocycles. The van der Waals surface area contributed by atoms with Crippen molar-refractivity contribution in [2.75, 3.05) is 5.32 Å². The zero-order valence-electron chi connectivity index (χ0n) is 16.8. The van der Waals surface area contributed by atoms with Crippen LogP contribution in [-0.4, -0.2) is 23.8 Å². The number of anilines is 1. The van der Waals surface area contributed by atoms with Crippen LogP contribution in [0.3, 0.4) is 0 Å². The van der Waals surface area contributed by atoms with Crippen molar-refractivity contribution >= 4 is 41.0 Å². The molecule has 160 valence electrons. The summed E-state index contributed by atoms with van der Waals surface area (Å²) in [5.41, 5.74) is 3.36. The number of halogens is 1. The van der Waals surface area contributed by atoms with Crippen LogP contribution in [0.1, 0.15) is 45.9 Å². The zero-order chi connectivity index (χ0) is 22.1. The molecule has 1 fully saturated rings. The summed E-state index contributed by atoms with van der Waals surface area (Å²) in [7, 11) is 0. The second-order valence-corrected chi connectivity index (χ2v) is 8.06. The second kappa shape index (κ2) is 8.49. The Morgan fingerprint density at radius 3 is 2.74 bits per heavy atom. The first kappa shape index (κ1) is 21.0. The standard InChI is InChI=1S/C22H21ClN4O4/c1-11-16(23)3-2-4-17(11)25-22(31)27-20(29)12-5-6-14-13(9-12)10-24-19(14)15-7-8-18(28)26-21(15)30/h2-6,9,15,19,24H,7-8,10H2,1H3,(H,26,28,30)(H2,25,27,29,31). The summed E-state index contributed by atoms with van der Waals surface area (Å²) in [6, 6.07) is 9.37. The SMILES string of the molecule is Cc1c(Cl)cccc1NC(=O)NC(=O)c1ccc2c(c1)CNC2C1CCC(=O)NC1=O. The number of urea groups is 1. The van der Waals surface area contributed by atoms with Crippen LogP contribution in [0, 0.1) is 12.8 Å². The van der Waals surface area contributed by atoms with Gasteiger partial charge in [0.2, 0.25) is 11.8 Å². The Morgan fingerprint density at radius 1 is 1.16 bits per heavy atom. The van der Waals surface area contributed by atoms with E-state index in [-0.39, 0.29) is 23.8 Å². The predicted octanol–water partition coefficient (Wildman–Crippen LogP) is 2.81. The van der Waals surface area contributed by atoms with Crippen LogP contribution in [0.5, 0.6) is 0 Å². The van der Waals surface area contributed by atoms with Crippen molar-refractivity contribution in [1.82, 2.24) is 16.0 Å². The highest BCUT2D eigenvalue weighted by atomic mass is 35.5. The van der Waals surface area contributed by atoms with Gasteiger partial charge in [0.15, 0.2) is 0 Å². The molecule has 2 aromatic rings. The molecular weight excluding hydrogens is 420 g/mol. The quantitative estimate of drug-likeness (QED) is 0.547. The molecule has 2 heterocycles. The number of nitrogens with one attached hydrogen (secondary N) is 4. The molecule has 0 spiro atoms. The molecule has 9 heteroatoms. The van der Waals surface area contributed by atoms with Crippen LogP contribution in [0.4, 0.5) is 10.5 Å². The molecule has 0 radical (unpaired) electrons. The topological polar surface area (TPSA) is 116 Å². The summed E-state index contributed by atoms with van der Waals surface area (Å²) in [6.45, 7) is 2.26. The molecule has 4 rings (SSSR count). The summed E-state index contributed by atoms with van der Waals surface area (Å²) >= 11 is 6.05. The Hall–Kier alpha value is -3.23. The van der Waals surface area contributed by atoms with E-state index in [9.17, 15) is 19.2 Å². The zero-order valence-corrected chi connectivity index (χ0v) is 17.5. The van der Waals surface area contributed by atoms with Crippen LogP contribution >= 0.6 is 11.6 Å². The molecular formula is C22H21ClN4O4. The van der Waals surface area contributed by atoms with E-state index in [0.717, 1.165) is 11.1 Å². The maximum Gasteiger partial charge on any atom is 0.326 e. The second-order valence-electron chi connectivity index (χ2n) is 7.65. The van der Waals surface area contributed by atoms with E-state index in [1.165, 1.54) is 0 Å². The lowest BCUT2D eigenvalue weighted by Crippen LogP contribution is -2.44. The minimum Gasteiger partial charge on any atom is -0.307 e. The molecule has 1 saturated heterocycles. The van der Waals surface area contributed by atoms with Gasteiger partial charge in [0.1, 0.15) is 0 Å². The molecule has 2 aliphatic rings. The highest BCUT2D eigenvalue weighted by Gasteiger charge is 2.37. The van der Waals surface area contributed by atoms with Gasteiger partial charge in [0.05, 0.1) is 5.92 Å². The fraction of sp³-hybridized carbons (Fsp3) is 0.273. The molecule has 0 bridgehead atoms. The van der Waals surface area contributed by atoms with Gasteiger partial charge in [-0.15, -0.1) is 0 Å². The number of fused-ring (bicyclic) bond motifs is 1. The van der Waals surface area contributed by atoms with Gasteiger partial charge in [-0.2, -0.15) is 0 Å². The predicted molar refractivity (Wildman–Crippen MR) is 115 cm³/mol. The maximum atomic E-state index is 12.5. The minimum atomic E-state index is -0.657. The lowest BCUT2D eigenvalue weighted by Gasteiger charge is -2.26. The Morgan fingerprint density at radius 2 is 1.97 bits per heavy atom. The van der Waals surface area contributed by atoms with Crippen LogP contribution in [-0.2, 0) is 16.1 Å². The Kier molecular flexibility index (Phi) is 5.75. The molecule has 2 atom stereocenters. The third-order valence-electron chi connectivity index (χ3n) is 5.68. The van der Waals surface area contributed by atoms with Gasteiger partial charge in [0, 0.05) is 35.3 Å². The molecule has 2 aromatic carbocycles. The van der Waals surface area contributed by atoms with Crippen molar-refractivity contribution in [3.63, 3.8) is 0 Å². The summed E-state index contributed by atoms with van der Waals surface area (Å²) in [6.07, 6.45) is 0.790. The summed E-state index contributed by atoms with van der Waals surface area (Å²) in [5, 5.41) is 11.1. The number of rotatable bonds is 3. The lowest BCUT2D eigenvalue weighted by atomic mass is 9.86. The van der Waals surface area contributed by atoms with E-state index in [1.54, 1.807) is 43.3 Å². The Balaban J connectivity index is 1.44. The number of carbonyl (C=O) groups excluding carboxylic acids is 4. The fourth-order valence-electron chi connectivity index (χ4n) is 3.99. The third kappa shape index (κ3) is 4.30. The van der Waals surface area contributed by atoms with Gasteiger partial charge in [-0.25, -0.2) is 4.79 Å². The van der Waals surface area contributed by atoms with Crippen molar-refractivity contribution < 1.29 is 19.2 Å². The van der Waals surface area contributed by atoms with E-state index in [2.05, 4.69) is 21.3 Å². The number of hydrogen-bond donors (Lipinski definition) is 4. The minimum absolute atomic E-state index is 0.214. The molecule has 8 nitrogen and oxygen atoms in total. The largest absolute Gasteiger partial charge is 0.326 e. The number of piperidine rings is 1. The fourth-order valence-corrected chi connectivity index (χ4v) is 4.17. The average Bonchev–Trinajstić information content (AvgIpc) is 3.14. The molecule has 2 aliphatic heterocycles. The lowest BCUT2D eigenvalue weighted by molar-refractivity contribution is -0.137. The average molecular weight is 441 g/mol. The Labute approximate surface area is 183 Å². The van der Waals surface area contributed by atoms with E-state index in [4.69, 9.17) is 11.6 Å².